The van der Waals surface area contributed by atoms with Gasteiger partial charge in [0.25, 0.3) is 5.91 Å². The van der Waals surface area contributed by atoms with Crippen LogP contribution in [-0.4, -0.2) is 27.3 Å². The molecule has 3 saturated carbocycles. The van der Waals surface area contributed by atoms with Crippen molar-refractivity contribution in [3.05, 3.63) is 65.7 Å². The van der Waals surface area contributed by atoms with Gasteiger partial charge in [0.15, 0.2) is 0 Å². The van der Waals surface area contributed by atoms with Gasteiger partial charge in [-0.2, -0.15) is 5.26 Å². The number of H-pyrrole nitrogens is 1. The van der Waals surface area contributed by atoms with Crippen molar-refractivity contribution in [1.29, 1.82) is 5.26 Å². The number of nitriles is 1. The van der Waals surface area contributed by atoms with Crippen LogP contribution in [0.25, 0.3) is 10.8 Å². The van der Waals surface area contributed by atoms with Crippen LogP contribution in [0.3, 0.4) is 0 Å². The molecular weight excluding hydrogens is 414 g/mol. The molecule has 2 heterocycles. The summed E-state index contributed by atoms with van der Waals surface area (Å²) in [5.74, 6) is -0.0531. The number of nitrogens with one attached hydrogen (secondary N) is 3. The largest absolute Gasteiger partial charge is 0.354 e. The minimum absolute atomic E-state index is 0.169. The number of rotatable bonds is 6. The van der Waals surface area contributed by atoms with Crippen LogP contribution in [0.4, 0.5) is 0 Å². The van der Waals surface area contributed by atoms with E-state index in [0.29, 0.717) is 30.0 Å². The summed E-state index contributed by atoms with van der Waals surface area (Å²) in [4.78, 5) is 34.0. The van der Waals surface area contributed by atoms with Gasteiger partial charge >= 0.3 is 0 Å². The van der Waals surface area contributed by atoms with E-state index < -0.39 is 11.6 Å². The standard InChI is InChI=1S/C26H25N5O2/c27-11-22(19-13-28-12-17-3-1-2-4-18(17)19)30-24(33)26(14-25(15-26)9-10-25)31-23(32)21-8-7-20(29-21)16-5-6-16/h1-4,7-8,12-13,16,22,29H,5-6,9-10,14-15H2,(H,30,33)(H,31,32). The molecule has 7 nitrogen and oxygen atoms in total. The average Bonchev–Trinajstić information content (AvgIpc) is 3.75. The molecular formula is C26H25N5O2. The fourth-order valence-corrected chi connectivity index (χ4v) is 5.34. The Morgan fingerprint density at radius 3 is 2.64 bits per heavy atom. The zero-order chi connectivity index (χ0) is 22.6. The maximum absolute atomic E-state index is 13.5. The minimum Gasteiger partial charge on any atom is -0.354 e. The molecule has 1 spiro atoms. The van der Waals surface area contributed by atoms with Crippen LogP contribution in [0.1, 0.15) is 72.2 Å². The SMILES string of the molecule is N#CC(NC(=O)C1(NC(=O)c2ccc(C3CC3)[nH]2)CC2(CC2)C1)c1cncc2ccccc12. The molecule has 0 bridgehead atoms. The van der Waals surface area contributed by atoms with Crippen molar-refractivity contribution in [2.45, 2.75) is 56.0 Å². The Bertz CT molecular complexity index is 1300. The number of aromatic amines is 1. The number of carbonyl (C=O) groups is 2. The molecule has 3 fully saturated rings. The Morgan fingerprint density at radius 1 is 1.12 bits per heavy atom. The summed E-state index contributed by atoms with van der Waals surface area (Å²) in [5.41, 5.74) is 1.40. The van der Waals surface area contributed by atoms with E-state index in [1.54, 1.807) is 18.5 Å². The van der Waals surface area contributed by atoms with Gasteiger partial charge < -0.3 is 15.6 Å². The van der Waals surface area contributed by atoms with Gasteiger partial charge in [-0.25, -0.2) is 0 Å². The first-order valence-electron chi connectivity index (χ1n) is 11.6. The molecule has 33 heavy (non-hydrogen) atoms. The highest BCUT2D eigenvalue weighted by Gasteiger charge is 2.65. The summed E-state index contributed by atoms with van der Waals surface area (Å²) in [5, 5.41) is 17.6. The van der Waals surface area contributed by atoms with E-state index in [-0.39, 0.29) is 17.2 Å². The first-order chi connectivity index (χ1) is 16.0. The Kier molecular flexibility index (Phi) is 4.34. The number of nitrogens with zero attached hydrogens (tertiary/aromatic N) is 2. The number of carbonyl (C=O) groups excluding carboxylic acids is 2. The summed E-state index contributed by atoms with van der Waals surface area (Å²) < 4.78 is 0. The second-order valence-electron chi connectivity index (χ2n) is 9.98. The van der Waals surface area contributed by atoms with E-state index in [0.717, 1.165) is 42.1 Å². The van der Waals surface area contributed by atoms with Crippen molar-refractivity contribution in [2.75, 3.05) is 0 Å². The van der Waals surface area contributed by atoms with Crippen molar-refractivity contribution in [2.24, 2.45) is 5.41 Å². The molecule has 1 atom stereocenters. The predicted molar refractivity (Wildman–Crippen MR) is 122 cm³/mol. The molecule has 6 rings (SSSR count). The van der Waals surface area contributed by atoms with Gasteiger partial charge in [0.1, 0.15) is 17.3 Å². The molecule has 0 saturated heterocycles. The zero-order valence-electron chi connectivity index (χ0n) is 18.2. The van der Waals surface area contributed by atoms with Crippen LogP contribution < -0.4 is 10.6 Å². The molecule has 3 N–H and O–H groups in total. The van der Waals surface area contributed by atoms with Crippen LogP contribution in [0.5, 0.6) is 0 Å². The van der Waals surface area contributed by atoms with E-state index in [2.05, 4.69) is 26.7 Å². The summed E-state index contributed by atoms with van der Waals surface area (Å²) in [6.07, 6.45) is 9.06. The summed E-state index contributed by atoms with van der Waals surface area (Å²) in [6, 6.07) is 12.8. The number of hydrogen-bond donors (Lipinski definition) is 3. The molecule has 2 aromatic heterocycles. The predicted octanol–water partition coefficient (Wildman–Crippen LogP) is 3.86. The zero-order valence-corrected chi connectivity index (χ0v) is 18.2. The molecule has 3 aromatic rings. The lowest BCUT2D eigenvalue weighted by Gasteiger charge is -2.47. The number of pyridine rings is 1. The third-order valence-electron chi connectivity index (χ3n) is 7.48. The highest BCUT2D eigenvalue weighted by Crippen LogP contribution is 2.65. The summed E-state index contributed by atoms with van der Waals surface area (Å²) in [7, 11) is 0. The molecule has 1 unspecified atom stereocenters. The molecule has 7 heteroatoms. The Morgan fingerprint density at radius 2 is 1.91 bits per heavy atom. The van der Waals surface area contributed by atoms with Crippen LogP contribution in [-0.2, 0) is 4.79 Å². The highest BCUT2D eigenvalue weighted by atomic mass is 16.2. The van der Waals surface area contributed by atoms with Crippen molar-refractivity contribution in [1.82, 2.24) is 20.6 Å². The van der Waals surface area contributed by atoms with Gasteiger partial charge in [0.2, 0.25) is 5.91 Å². The fraction of sp³-hybridized carbons (Fsp3) is 0.385. The quantitative estimate of drug-likeness (QED) is 0.541. The van der Waals surface area contributed by atoms with Gasteiger partial charge in [0.05, 0.1) is 6.07 Å². The monoisotopic (exact) mass is 439 g/mol. The third kappa shape index (κ3) is 3.46. The number of fused-ring (bicyclic) bond motifs is 1. The lowest BCUT2D eigenvalue weighted by atomic mass is 9.64. The molecule has 1 aromatic carbocycles. The van der Waals surface area contributed by atoms with Gasteiger partial charge in [-0.05, 0) is 67.4 Å². The van der Waals surface area contributed by atoms with Gasteiger partial charge in [-0.1, -0.05) is 24.3 Å². The van der Waals surface area contributed by atoms with E-state index in [1.165, 1.54) is 0 Å². The number of amides is 2. The van der Waals surface area contributed by atoms with E-state index in [1.807, 2.05) is 30.3 Å². The van der Waals surface area contributed by atoms with Gasteiger partial charge in [-0.3, -0.25) is 14.6 Å². The summed E-state index contributed by atoms with van der Waals surface area (Å²) >= 11 is 0. The average molecular weight is 440 g/mol. The molecule has 166 valence electrons. The van der Waals surface area contributed by atoms with Gasteiger partial charge in [0, 0.05) is 29.0 Å². The third-order valence-corrected chi connectivity index (χ3v) is 7.48. The van der Waals surface area contributed by atoms with Crippen LogP contribution in [0.15, 0.2) is 48.8 Å². The molecule has 3 aliphatic carbocycles. The summed E-state index contributed by atoms with van der Waals surface area (Å²) in [6.45, 7) is 0. The first kappa shape index (κ1) is 20.0. The second-order valence-corrected chi connectivity index (χ2v) is 9.98. The molecule has 3 aliphatic rings. The van der Waals surface area contributed by atoms with Crippen LogP contribution in [0, 0.1) is 16.7 Å². The highest BCUT2D eigenvalue weighted by molar-refractivity contribution is 5.99. The van der Waals surface area contributed by atoms with Gasteiger partial charge in [-0.15, -0.1) is 0 Å². The number of benzene rings is 1. The number of aromatic nitrogens is 2. The molecule has 0 aliphatic heterocycles. The van der Waals surface area contributed by atoms with Crippen molar-refractivity contribution >= 4 is 22.6 Å². The second kappa shape index (κ2) is 7.17. The van der Waals surface area contributed by atoms with Crippen LogP contribution >= 0.6 is 0 Å². The smallest absolute Gasteiger partial charge is 0.268 e. The normalized spacial score (nSPS) is 20.5. The Hall–Kier alpha value is -3.66. The van der Waals surface area contributed by atoms with E-state index in [4.69, 9.17) is 0 Å². The number of hydrogen-bond acceptors (Lipinski definition) is 4. The molecule has 0 radical (unpaired) electrons. The first-order valence-corrected chi connectivity index (χ1v) is 11.6. The van der Waals surface area contributed by atoms with E-state index >= 15 is 0 Å². The lowest BCUT2D eigenvalue weighted by Crippen LogP contribution is -2.66. The van der Waals surface area contributed by atoms with E-state index in [9.17, 15) is 14.9 Å². The molecule has 2 amide bonds. The Balaban J connectivity index is 1.24. The minimum atomic E-state index is -0.994. The van der Waals surface area contributed by atoms with Crippen molar-refractivity contribution in [3.63, 3.8) is 0 Å². The van der Waals surface area contributed by atoms with Crippen LogP contribution in [0.2, 0.25) is 0 Å². The van der Waals surface area contributed by atoms with Crippen molar-refractivity contribution < 1.29 is 9.59 Å². The maximum atomic E-state index is 13.5. The lowest BCUT2D eigenvalue weighted by molar-refractivity contribution is -0.134. The van der Waals surface area contributed by atoms with Crippen molar-refractivity contribution in [3.8, 4) is 6.07 Å². The Labute approximate surface area is 191 Å². The topological polar surface area (TPSA) is 111 Å². The maximum Gasteiger partial charge on any atom is 0.268 e. The fourth-order valence-electron chi connectivity index (χ4n) is 5.34.